The first-order valence-corrected chi connectivity index (χ1v) is 3.51. The second kappa shape index (κ2) is 3.69. The number of nitrogens with one attached hydrogen (secondary N) is 1. The van der Waals surface area contributed by atoms with E-state index in [1.807, 2.05) is 5.32 Å². The van der Waals surface area contributed by atoms with Gasteiger partial charge in [0.05, 0.1) is 4.92 Å². The van der Waals surface area contributed by atoms with Gasteiger partial charge in [0.25, 0.3) is 5.69 Å². The summed E-state index contributed by atoms with van der Waals surface area (Å²) in [5, 5.41) is 12.4. The Kier molecular flexibility index (Phi) is 2.61. The fourth-order valence-corrected chi connectivity index (χ4v) is 0.900. The van der Waals surface area contributed by atoms with Crippen molar-refractivity contribution in [2.24, 2.45) is 5.73 Å². The Morgan fingerprint density at radius 3 is 2.71 bits per heavy atom. The van der Waals surface area contributed by atoms with E-state index in [1.165, 1.54) is 0 Å². The average Bonchev–Trinajstić information content (AvgIpc) is 2.01. The lowest BCUT2D eigenvalue weighted by molar-refractivity contribution is -0.384. The Morgan fingerprint density at radius 1 is 1.57 bits per heavy atom. The van der Waals surface area contributed by atoms with Gasteiger partial charge in [0, 0.05) is 12.1 Å². The SMILES string of the molecule is NC(=O)Nc1cc(F)ccc1[N+](=O)[O-]. The van der Waals surface area contributed by atoms with Gasteiger partial charge in [-0.1, -0.05) is 0 Å². The molecule has 0 bridgehead atoms. The van der Waals surface area contributed by atoms with Gasteiger partial charge in [-0.2, -0.15) is 0 Å². The van der Waals surface area contributed by atoms with E-state index in [2.05, 4.69) is 0 Å². The van der Waals surface area contributed by atoms with Crippen LogP contribution in [0.15, 0.2) is 18.2 Å². The van der Waals surface area contributed by atoms with Crippen LogP contribution in [0, 0.1) is 15.9 Å². The van der Waals surface area contributed by atoms with Crippen molar-refractivity contribution >= 4 is 17.4 Å². The molecule has 0 fully saturated rings. The minimum absolute atomic E-state index is 0.262. The second-order valence-corrected chi connectivity index (χ2v) is 2.41. The highest BCUT2D eigenvalue weighted by atomic mass is 19.1. The van der Waals surface area contributed by atoms with Gasteiger partial charge < -0.3 is 11.1 Å². The van der Waals surface area contributed by atoms with Crippen LogP contribution in [-0.2, 0) is 0 Å². The van der Waals surface area contributed by atoms with Gasteiger partial charge >= 0.3 is 6.03 Å². The minimum Gasteiger partial charge on any atom is -0.351 e. The van der Waals surface area contributed by atoms with E-state index in [0.29, 0.717) is 0 Å². The average molecular weight is 199 g/mol. The molecule has 0 aromatic heterocycles. The number of hydrogen-bond donors (Lipinski definition) is 2. The van der Waals surface area contributed by atoms with Crippen molar-refractivity contribution in [1.82, 2.24) is 0 Å². The maximum Gasteiger partial charge on any atom is 0.316 e. The zero-order valence-electron chi connectivity index (χ0n) is 6.86. The molecule has 1 rings (SSSR count). The van der Waals surface area contributed by atoms with Crippen LogP contribution in [0.5, 0.6) is 0 Å². The molecular weight excluding hydrogens is 193 g/mol. The van der Waals surface area contributed by atoms with Gasteiger partial charge in [0.2, 0.25) is 0 Å². The summed E-state index contributed by atoms with van der Waals surface area (Å²) in [5.41, 5.74) is 4.08. The van der Waals surface area contributed by atoms with Crippen LogP contribution in [-0.4, -0.2) is 11.0 Å². The second-order valence-electron chi connectivity index (χ2n) is 2.41. The number of nitrogens with zero attached hydrogens (tertiary/aromatic N) is 1. The zero-order chi connectivity index (χ0) is 10.7. The number of carbonyl (C=O) groups is 1. The van der Waals surface area contributed by atoms with Crippen molar-refractivity contribution in [2.45, 2.75) is 0 Å². The first-order chi connectivity index (χ1) is 6.50. The summed E-state index contributed by atoms with van der Waals surface area (Å²) in [5.74, 6) is -0.695. The molecule has 1 aromatic carbocycles. The maximum atomic E-state index is 12.6. The van der Waals surface area contributed by atoms with Gasteiger partial charge in [0.15, 0.2) is 0 Å². The van der Waals surface area contributed by atoms with Crippen molar-refractivity contribution in [3.63, 3.8) is 0 Å². The van der Waals surface area contributed by atoms with Crippen molar-refractivity contribution in [3.05, 3.63) is 34.1 Å². The van der Waals surface area contributed by atoms with Crippen LogP contribution in [0.25, 0.3) is 0 Å². The maximum absolute atomic E-state index is 12.6. The van der Waals surface area contributed by atoms with Gasteiger partial charge in [0.1, 0.15) is 11.5 Å². The van der Waals surface area contributed by atoms with Crippen molar-refractivity contribution in [1.29, 1.82) is 0 Å². The summed E-state index contributed by atoms with van der Waals surface area (Å²) in [6.45, 7) is 0. The van der Waals surface area contributed by atoms with Crippen molar-refractivity contribution in [3.8, 4) is 0 Å². The number of halogens is 1. The highest BCUT2D eigenvalue weighted by Crippen LogP contribution is 2.24. The van der Waals surface area contributed by atoms with E-state index in [4.69, 9.17) is 5.73 Å². The Balaban J connectivity index is 3.15. The lowest BCUT2D eigenvalue weighted by Gasteiger charge is -2.02. The van der Waals surface area contributed by atoms with Crippen molar-refractivity contribution < 1.29 is 14.1 Å². The molecule has 14 heavy (non-hydrogen) atoms. The Labute approximate surface area is 77.7 Å². The van der Waals surface area contributed by atoms with Gasteiger partial charge in [-0.25, -0.2) is 9.18 Å². The lowest BCUT2D eigenvalue weighted by atomic mass is 10.2. The minimum atomic E-state index is -0.987. The molecule has 0 unspecified atom stereocenters. The van der Waals surface area contributed by atoms with Crippen LogP contribution in [0.2, 0.25) is 0 Å². The number of rotatable bonds is 2. The molecule has 2 amide bonds. The smallest absolute Gasteiger partial charge is 0.316 e. The van der Waals surface area contributed by atoms with Crippen LogP contribution >= 0.6 is 0 Å². The standard InChI is InChI=1S/C7H6FN3O3/c8-4-1-2-6(11(13)14)5(3-4)10-7(9)12/h1-3H,(H3,9,10,12). The molecule has 0 aliphatic heterocycles. The highest BCUT2D eigenvalue weighted by Gasteiger charge is 2.15. The largest absolute Gasteiger partial charge is 0.351 e. The Bertz CT molecular complexity index is 394. The number of primary amides is 1. The third-order valence-electron chi connectivity index (χ3n) is 1.41. The van der Waals surface area contributed by atoms with E-state index in [-0.39, 0.29) is 5.69 Å². The molecule has 74 valence electrons. The third-order valence-corrected chi connectivity index (χ3v) is 1.41. The summed E-state index contributed by atoms with van der Waals surface area (Å²) in [6.07, 6.45) is 0. The van der Waals surface area contributed by atoms with Gasteiger partial charge in [-0.05, 0) is 6.07 Å². The summed E-state index contributed by atoms with van der Waals surface area (Å²) >= 11 is 0. The molecule has 0 radical (unpaired) electrons. The predicted molar refractivity (Wildman–Crippen MR) is 46.3 cm³/mol. The molecular formula is C7H6FN3O3. The number of nitro benzene ring substituents is 1. The van der Waals surface area contributed by atoms with Crippen LogP contribution < -0.4 is 11.1 Å². The number of urea groups is 1. The molecule has 6 nitrogen and oxygen atoms in total. The van der Waals surface area contributed by atoms with Crippen LogP contribution in [0.4, 0.5) is 20.6 Å². The molecule has 0 atom stereocenters. The van der Waals surface area contributed by atoms with E-state index >= 15 is 0 Å². The summed E-state index contributed by atoms with van der Waals surface area (Å²) in [4.78, 5) is 20.1. The monoisotopic (exact) mass is 199 g/mol. The van der Waals surface area contributed by atoms with Crippen LogP contribution in [0.1, 0.15) is 0 Å². The molecule has 0 spiro atoms. The van der Waals surface area contributed by atoms with Gasteiger partial charge in [-0.15, -0.1) is 0 Å². The molecule has 0 aliphatic carbocycles. The van der Waals surface area contributed by atoms with Crippen molar-refractivity contribution in [2.75, 3.05) is 5.32 Å². The number of nitrogens with two attached hydrogens (primary N) is 1. The number of carbonyl (C=O) groups excluding carboxylic acids is 1. The molecule has 0 saturated carbocycles. The number of amides is 2. The van der Waals surface area contributed by atoms with E-state index < -0.39 is 22.5 Å². The predicted octanol–water partition coefficient (Wildman–Crippen LogP) is 1.22. The van der Waals surface area contributed by atoms with E-state index in [1.54, 1.807) is 0 Å². The van der Waals surface area contributed by atoms with E-state index in [9.17, 15) is 19.3 Å². The van der Waals surface area contributed by atoms with E-state index in [0.717, 1.165) is 18.2 Å². The zero-order valence-corrected chi connectivity index (χ0v) is 6.86. The normalized spacial score (nSPS) is 9.50. The number of hydrogen-bond acceptors (Lipinski definition) is 3. The highest BCUT2D eigenvalue weighted by molar-refractivity contribution is 5.90. The molecule has 1 aromatic rings. The third kappa shape index (κ3) is 2.16. The fraction of sp³-hybridized carbons (Fsp3) is 0. The molecule has 7 heteroatoms. The van der Waals surface area contributed by atoms with Crippen LogP contribution in [0.3, 0.4) is 0 Å². The first-order valence-electron chi connectivity index (χ1n) is 3.51. The topological polar surface area (TPSA) is 98.3 Å². The molecule has 0 heterocycles. The summed E-state index contributed by atoms with van der Waals surface area (Å²) in [6, 6.07) is 1.70. The Morgan fingerprint density at radius 2 is 2.21 bits per heavy atom. The summed E-state index contributed by atoms with van der Waals surface area (Å²) < 4.78 is 12.6. The number of anilines is 1. The Hall–Kier alpha value is -2.18. The summed E-state index contributed by atoms with van der Waals surface area (Å²) in [7, 11) is 0. The molecule has 3 N–H and O–H groups in total. The lowest BCUT2D eigenvalue weighted by Crippen LogP contribution is -2.20. The fourth-order valence-electron chi connectivity index (χ4n) is 0.900. The van der Waals surface area contributed by atoms with Gasteiger partial charge in [-0.3, -0.25) is 10.1 Å². The number of nitro groups is 1. The quantitative estimate of drug-likeness (QED) is 0.553. The molecule has 0 saturated heterocycles. The molecule has 0 aliphatic rings. The number of benzene rings is 1. The first kappa shape index (κ1) is 9.90.